The molecule has 5 nitrogen and oxygen atoms in total. The summed E-state index contributed by atoms with van der Waals surface area (Å²) in [5, 5.41) is 14.7. The summed E-state index contributed by atoms with van der Waals surface area (Å²) >= 11 is 12.2. The second-order valence-electron chi connectivity index (χ2n) is 5.88. The number of nitrogens with zero attached hydrogens (tertiary/aromatic N) is 1. The van der Waals surface area contributed by atoms with Crippen molar-refractivity contribution in [1.29, 1.82) is 0 Å². The molecule has 136 valence electrons. The van der Waals surface area contributed by atoms with Crippen molar-refractivity contribution in [3.05, 3.63) is 97.5 Å². The molecule has 0 saturated heterocycles. The van der Waals surface area contributed by atoms with Crippen molar-refractivity contribution in [2.24, 2.45) is 0 Å². The van der Waals surface area contributed by atoms with E-state index in [4.69, 9.17) is 23.2 Å². The lowest BCUT2D eigenvalue weighted by Gasteiger charge is -2.11. The van der Waals surface area contributed by atoms with Crippen LogP contribution in [0.1, 0.15) is 21.5 Å². The Labute approximate surface area is 165 Å². The Hall–Kier alpha value is -2.89. The van der Waals surface area contributed by atoms with Crippen LogP contribution in [-0.4, -0.2) is 10.7 Å². The highest BCUT2D eigenvalue weighted by molar-refractivity contribution is 6.35. The van der Waals surface area contributed by atoms with Crippen molar-refractivity contribution in [2.45, 2.75) is 6.92 Å². The van der Waals surface area contributed by atoms with E-state index in [-0.39, 0.29) is 22.2 Å². The minimum Gasteiger partial charge on any atom is -0.350 e. The largest absolute Gasteiger partial charge is 0.350 e. The average molecular weight is 401 g/mol. The van der Waals surface area contributed by atoms with Gasteiger partial charge in [-0.2, -0.15) is 0 Å². The van der Waals surface area contributed by atoms with Gasteiger partial charge in [0.15, 0.2) is 5.78 Å². The van der Waals surface area contributed by atoms with E-state index >= 15 is 0 Å². The molecule has 0 heterocycles. The molecule has 0 atom stereocenters. The lowest BCUT2D eigenvalue weighted by Crippen LogP contribution is -2.05. The van der Waals surface area contributed by atoms with Gasteiger partial charge in [0, 0.05) is 27.9 Å². The van der Waals surface area contributed by atoms with Gasteiger partial charge in [-0.25, -0.2) is 0 Å². The number of ketones is 1. The van der Waals surface area contributed by atoms with Crippen molar-refractivity contribution in [1.82, 2.24) is 0 Å². The van der Waals surface area contributed by atoms with Crippen LogP contribution in [0.2, 0.25) is 10.0 Å². The van der Waals surface area contributed by atoms with E-state index < -0.39 is 4.92 Å². The normalized spacial score (nSPS) is 10.5. The molecule has 0 bridgehead atoms. The molecular formula is C20H14Cl2N2O3. The van der Waals surface area contributed by atoms with Crippen molar-refractivity contribution < 1.29 is 9.72 Å². The highest BCUT2D eigenvalue weighted by Gasteiger charge is 2.17. The number of nitro groups is 1. The number of carbonyl (C=O) groups excluding carboxylic acids is 1. The third-order valence-corrected chi connectivity index (χ3v) is 4.59. The number of aryl methyl sites for hydroxylation is 1. The van der Waals surface area contributed by atoms with Gasteiger partial charge in [-0.15, -0.1) is 0 Å². The smallest absolute Gasteiger partial charge is 0.292 e. The van der Waals surface area contributed by atoms with Crippen LogP contribution in [0.15, 0.2) is 60.7 Å². The zero-order chi connectivity index (χ0) is 19.6. The first-order valence-electron chi connectivity index (χ1n) is 7.97. The number of nitro benzene ring substituents is 1. The van der Waals surface area contributed by atoms with Crippen molar-refractivity contribution in [3.63, 3.8) is 0 Å². The van der Waals surface area contributed by atoms with Gasteiger partial charge in [-0.05, 0) is 42.8 Å². The number of anilines is 2. The standard InChI is InChI=1S/C20H14Cl2N2O3/c1-12-4-2-3-5-15(12)20(25)16-8-7-14(11-17(16)22)23-18-10-13(21)6-9-19(18)24(26)27/h2-11,23H,1H3. The summed E-state index contributed by atoms with van der Waals surface area (Å²) in [6.45, 7) is 1.86. The zero-order valence-corrected chi connectivity index (χ0v) is 15.7. The molecule has 27 heavy (non-hydrogen) atoms. The van der Waals surface area contributed by atoms with Gasteiger partial charge in [0.25, 0.3) is 5.69 Å². The van der Waals surface area contributed by atoms with Crippen molar-refractivity contribution in [3.8, 4) is 0 Å². The van der Waals surface area contributed by atoms with Crippen LogP contribution in [0.4, 0.5) is 17.1 Å². The van der Waals surface area contributed by atoms with Gasteiger partial charge in [-0.1, -0.05) is 47.5 Å². The minimum absolute atomic E-state index is 0.115. The van der Waals surface area contributed by atoms with E-state index in [2.05, 4.69) is 5.32 Å². The first-order valence-corrected chi connectivity index (χ1v) is 8.73. The molecule has 7 heteroatoms. The second kappa shape index (κ2) is 7.78. The number of rotatable bonds is 5. The Morgan fingerprint density at radius 2 is 1.74 bits per heavy atom. The third-order valence-electron chi connectivity index (χ3n) is 4.04. The summed E-state index contributed by atoms with van der Waals surface area (Å²) in [5.41, 5.74) is 2.42. The summed E-state index contributed by atoms with van der Waals surface area (Å²) in [5.74, 6) is -0.182. The predicted octanol–water partition coefficient (Wildman–Crippen LogP) is 6.18. The van der Waals surface area contributed by atoms with E-state index in [9.17, 15) is 14.9 Å². The van der Waals surface area contributed by atoms with E-state index in [0.717, 1.165) is 5.56 Å². The van der Waals surface area contributed by atoms with Crippen LogP contribution in [0.25, 0.3) is 0 Å². The lowest BCUT2D eigenvalue weighted by molar-refractivity contribution is -0.383. The van der Waals surface area contributed by atoms with E-state index in [1.54, 1.807) is 30.3 Å². The monoisotopic (exact) mass is 400 g/mol. The Kier molecular flexibility index (Phi) is 5.44. The van der Waals surface area contributed by atoms with E-state index in [1.807, 2.05) is 19.1 Å². The van der Waals surface area contributed by atoms with E-state index in [0.29, 0.717) is 21.8 Å². The van der Waals surface area contributed by atoms with Crippen molar-refractivity contribution >= 4 is 46.0 Å². The fourth-order valence-corrected chi connectivity index (χ4v) is 3.11. The van der Waals surface area contributed by atoms with Crippen LogP contribution < -0.4 is 5.32 Å². The maximum atomic E-state index is 12.7. The molecule has 1 N–H and O–H groups in total. The molecule has 0 spiro atoms. The molecule has 0 aromatic heterocycles. The summed E-state index contributed by atoms with van der Waals surface area (Å²) in [7, 11) is 0. The first-order chi connectivity index (χ1) is 12.9. The Bertz CT molecular complexity index is 1050. The molecule has 0 amide bonds. The van der Waals surface area contributed by atoms with Crippen LogP contribution in [0.5, 0.6) is 0 Å². The number of halogens is 2. The average Bonchev–Trinajstić information content (AvgIpc) is 2.61. The third kappa shape index (κ3) is 4.10. The number of benzene rings is 3. The highest BCUT2D eigenvalue weighted by atomic mass is 35.5. The van der Waals surface area contributed by atoms with Gasteiger partial charge < -0.3 is 5.32 Å². The molecule has 3 rings (SSSR count). The predicted molar refractivity (Wildman–Crippen MR) is 107 cm³/mol. The molecule has 0 fully saturated rings. The maximum Gasteiger partial charge on any atom is 0.292 e. The number of nitrogens with one attached hydrogen (secondary N) is 1. The Morgan fingerprint density at radius 1 is 1.00 bits per heavy atom. The second-order valence-corrected chi connectivity index (χ2v) is 6.73. The number of hydrogen-bond acceptors (Lipinski definition) is 4. The van der Waals surface area contributed by atoms with Gasteiger partial charge in [0.2, 0.25) is 0 Å². The van der Waals surface area contributed by atoms with Crippen LogP contribution >= 0.6 is 23.2 Å². The fraction of sp³-hybridized carbons (Fsp3) is 0.0500. The Balaban J connectivity index is 1.92. The molecule has 0 aliphatic carbocycles. The molecule has 0 aliphatic heterocycles. The van der Waals surface area contributed by atoms with Crippen LogP contribution in [-0.2, 0) is 0 Å². The number of hydrogen-bond donors (Lipinski definition) is 1. The molecule has 0 radical (unpaired) electrons. The SMILES string of the molecule is Cc1ccccc1C(=O)c1ccc(Nc2cc(Cl)ccc2[N+](=O)[O-])cc1Cl. The first kappa shape index (κ1) is 18.9. The summed E-state index contributed by atoms with van der Waals surface area (Å²) < 4.78 is 0. The summed E-state index contributed by atoms with van der Waals surface area (Å²) in [6, 6.07) is 16.3. The molecule has 3 aromatic carbocycles. The summed E-state index contributed by atoms with van der Waals surface area (Å²) in [6.07, 6.45) is 0. The number of carbonyl (C=O) groups is 1. The fourth-order valence-electron chi connectivity index (χ4n) is 2.67. The van der Waals surface area contributed by atoms with Crippen LogP contribution in [0.3, 0.4) is 0 Å². The van der Waals surface area contributed by atoms with Gasteiger partial charge in [-0.3, -0.25) is 14.9 Å². The zero-order valence-electron chi connectivity index (χ0n) is 14.2. The highest BCUT2D eigenvalue weighted by Crippen LogP contribution is 2.32. The van der Waals surface area contributed by atoms with Gasteiger partial charge in [0.05, 0.1) is 9.95 Å². The van der Waals surface area contributed by atoms with Gasteiger partial charge in [0.1, 0.15) is 5.69 Å². The quantitative estimate of drug-likeness (QED) is 0.315. The van der Waals surface area contributed by atoms with Gasteiger partial charge >= 0.3 is 0 Å². The van der Waals surface area contributed by atoms with Crippen LogP contribution in [0, 0.1) is 17.0 Å². The molecular weight excluding hydrogens is 387 g/mol. The molecule has 0 unspecified atom stereocenters. The van der Waals surface area contributed by atoms with Crippen molar-refractivity contribution in [2.75, 3.05) is 5.32 Å². The topological polar surface area (TPSA) is 72.2 Å². The summed E-state index contributed by atoms with van der Waals surface area (Å²) in [4.78, 5) is 23.4. The lowest BCUT2D eigenvalue weighted by atomic mass is 9.99. The molecule has 0 aliphatic rings. The maximum absolute atomic E-state index is 12.7. The Morgan fingerprint density at radius 3 is 2.41 bits per heavy atom. The molecule has 0 saturated carbocycles. The minimum atomic E-state index is -0.504. The van der Waals surface area contributed by atoms with E-state index in [1.165, 1.54) is 18.2 Å². The molecule has 3 aromatic rings.